The van der Waals surface area contributed by atoms with Crippen LogP contribution in [0.1, 0.15) is 11.3 Å². The molecule has 5 rings (SSSR count). The molecule has 29 heavy (non-hydrogen) atoms. The van der Waals surface area contributed by atoms with Crippen LogP contribution in [0.5, 0.6) is 0 Å². The first kappa shape index (κ1) is 17.3. The number of benzene rings is 2. The first-order valence-electron chi connectivity index (χ1n) is 8.58. The van der Waals surface area contributed by atoms with E-state index in [2.05, 4.69) is 9.97 Å². The molecular weight excluding hydrogens is 383 g/mol. The molecule has 0 atom stereocenters. The van der Waals surface area contributed by atoms with Gasteiger partial charge in [0.2, 0.25) is 5.76 Å². The molecule has 0 fully saturated rings. The number of furan rings is 2. The highest BCUT2D eigenvalue weighted by Gasteiger charge is 2.28. The smallest absolute Gasteiger partial charge is 0.393 e. The molecular formula is C21H10F3N3O2. The minimum atomic E-state index is -4.30. The van der Waals surface area contributed by atoms with Crippen molar-refractivity contribution in [2.24, 2.45) is 0 Å². The van der Waals surface area contributed by atoms with Crippen LogP contribution in [0.15, 0.2) is 57.6 Å². The van der Waals surface area contributed by atoms with Crippen molar-refractivity contribution in [1.29, 1.82) is 5.26 Å². The Kier molecular flexibility index (Phi) is 3.61. The number of hydrogen-bond donors (Lipinski definition) is 0. The summed E-state index contributed by atoms with van der Waals surface area (Å²) in [7, 11) is 0. The maximum Gasteiger partial charge on any atom is 0.393 e. The van der Waals surface area contributed by atoms with Gasteiger partial charge in [-0.2, -0.15) is 18.4 Å². The predicted molar refractivity (Wildman–Crippen MR) is 99.0 cm³/mol. The van der Waals surface area contributed by atoms with E-state index in [1.807, 2.05) is 12.1 Å². The highest BCUT2D eigenvalue weighted by Crippen LogP contribution is 2.35. The van der Waals surface area contributed by atoms with Crippen LogP contribution in [-0.4, -0.2) is 16.1 Å². The van der Waals surface area contributed by atoms with Gasteiger partial charge in [0.05, 0.1) is 6.42 Å². The standard InChI is InChI=1S/C21H10F3N3O2/c22-21(23,24)8-11-1-3-15-17(5-11)29-20-18(26-10-27-19(15)20)12-2-4-16-13(6-12)7-14(9-25)28-16/h1-7,10H,8H2. The first-order valence-corrected chi connectivity index (χ1v) is 8.58. The van der Waals surface area contributed by atoms with E-state index in [-0.39, 0.29) is 11.3 Å². The Labute approximate surface area is 161 Å². The molecule has 0 aliphatic carbocycles. The van der Waals surface area contributed by atoms with E-state index in [1.165, 1.54) is 18.5 Å². The molecule has 3 heterocycles. The summed E-state index contributed by atoms with van der Waals surface area (Å²) in [5.41, 5.74) is 3.12. The maximum absolute atomic E-state index is 12.7. The average molecular weight is 393 g/mol. The molecule has 5 nitrogen and oxygen atoms in total. The van der Waals surface area contributed by atoms with Crippen molar-refractivity contribution < 1.29 is 22.0 Å². The van der Waals surface area contributed by atoms with E-state index >= 15 is 0 Å². The summed E-state index contributed by atoms with van der Waals surface area (Å²) < 4.78 is 49.4. The van der Waals surface area contributed by atoms with Crippen LogP contribution in [0.4, 0.5) is 13.2 Å². The fourth-order valence-electron chi connectivity index (χ4n) is 3.41. The van der Waals surface area contributed by atoms with Gasteiger partial charge >= 0.3 is 6.18 Å². The van der Waals surface area contributed by atoms with Gasteiger partial charge in [0.15, 0.2) is 5.58 Å². The largest absolute Gasteiger partial charge is 0.452 e. The zero-order chi connectivity index (χ0) is 20.2. The van der Waals surface area contributed by atoms with Gasteiger partial charge in [-0.25, -0.2) is 9.97 Å². The van der Waals surface area contributed by atoms with Crippen LogP contribution < -0.4 is 0 Å². The summed E-state index contributed by atoms with van der Waals surface area (Å²) >= 11 is 0. The summed E-state index contributed by atoms with van der Waals surface area (Å²) in [4.78, 5) is 8.56. The van der Waals surface area contributed by atoms with Crippen molar-refractivity contribution >= 4 is 33.0 Å². The Morgan fingerprint density at radius 2 is 1.83 bits per heavy atom. The van der Waals surface area contributed by atoms with Gasteiger partial charge < -0.3 is 8.83 Å². The lowest BCUT2D eigenvalue weighted by Gasteiger charge is -2.05. The summed E-state index contributed by atoms with van der Waals surface area (Å²) in [6, 6.07) is 13.3. The number of hydrogen-bond acceptors (Lipinski definition) is 5. The van der Waals surface area contributed by atoms with Crippen molar-refractivity contribution in [2.75, 3.05) is 0 Å². The van der Waals surface area contributed by atoms with Gasteiger partial charge in [0, 0.05) is 22.4 Å². The molecule has 3 aromatic heterocycles. The summed E-state index contributed by atoms with van der Waals surface area (Å²) in [6.45, 7) is 0. The molecule has 8 heteroatoms. The minimum absolute atomic E-state index is 0.113. The van der Waals surface area contributed by atoms with Crippen LogP contribution >= 0.6 is 0 Å². The van der Waals surface area contributed by atoms with Crippen LogP contribution in [0.25, 0.3) is 44.3 Å². The van der Waals surface area contributed by atoms with E-state index in [9.17, 15) is 13.2 Å². The third-order valence-corrected chi connectivity index (χ3v) is 4.62. The highest BCUT2D eigenvalue weighted by molar-refractivity contribution is 6.06. The molecule has 0 bridgehead atoms. The lowest BCUT2D eigenvalue weighted by Crippen LogP contribution is -2.11. The number of fused-ring (bicyclic) bond motifs is 4. The van der Waals surface area contributed by atoms with E-state index in [4.69, 9.17) is 14.1 Å². The monoisotopic (exact) mass is 393 g/mol. The third-order valence-electron chi connectivity index (χ3n) is 4.62. The molecule has 0 unspecified atom stereocenters. The quantitative estimate of drug-likeness (QED) is 0.381. The fraction of sp³-hybridized carbons (Fsp3) is 0.0952. The maximum atomic E-state index is 12.7. The Bertz CT molecular complexity index is 1440. The van der Waals surface area contributed by atoms with E-state index < -0.39 is 12.6 Å². The van der Waals surface area contributed by atoms with Crippen molar-refractivity contribution in [2.45, 2.75) is 12.6 Å². The van der Waals surface area contributed by atoms with Gasteiger partial charge in [0.25, 0.3) is 0 Å². The van der Waals surface area contributed by atoms with Gasteiger partial charge in [-0.15, -0.1) is 0 Å². The average Bonchev–Trinajstić information content (AvgIpc) is 3.26. The highest BCUT2D eigenvalue weighted by atomic mass is 19.4. The summed E-state index contributed by atoms with van der Waals surface area (Å²) in [5.74, 6) is 0.200. The topological polar surface area (TPSA) is 75.8 Å². The van der Waals surface area contributed by atoms with E-state index in [0.717, 1.165) is 5.39 Å². The van der Waals surface area contributed by atoms with Crippen LogP contribution in [0.3, 0.4) is 0 Å². The van der Waals surface area contributed by atoms with Gasteiger partial charge in [-0.1, -0.05) is 6.07 Å². The molecule has 0 spiro atoms. The zero-order valence-corrected chi connectivity index (χ0v) is 14.6. The molecule has 0 N–H and O–H groups in total. The molecule has 142 valence electrons. The molecule has 5 aromatic rings. The first-order chi connectivity index (χ1) is 13.9. The normalized spacial score (nSPS) is 12.1. The second-order valence-corrected chi connectivity index (χ2v) is 6.60. The number of nitriles is 1. The van der Waals surface area contributed by atoms with Crippen molar-refractivity contribution in [1.82, 2.24) is 9.97 Å². The van der Waals surface area contributed by atoms with E-state index in [0.29, 0.717) is 38.9 Å². The second-order valence-electron chi connectivity index (χ2n) is 6.60. The van der Waals surface area contributed by atoms with Crippen molar-refractivity contribution in [3.8, 4) is 17.3 Å². The number of nitrogens with zero attached hydrogens (tertiary/aromatic N) is 3. The van der Waals surface area contributed by atoms with Crippen LogP contribution in [0, 0.1) is 11.3 Å². The Morgan fingerprint density at radius 3 is 2.62 bits per heavy atom. The molecule has 0 radical (unpaired) electrons. The second kappa shape index (κ2) is 6.07. The summed E-state index contributed by atoms with van der Waals surface area (Å²) in [6.07, 6.45) is -3.94. The van der Waals surface area contributed by atoms with Crippen molar-refractivity contribution in [3.05, 3.63) is 60.1 Å². The molecule has 2 aromatic carbocycles. The van der Waals surface area contributed by atoms with E-state index in [1.54, 1.807) is 24.3 Å². The molecule has 0 amide bonds. The van der Waals surface area contributed by atoms with Gasteiger partial charge in [-0.3, -0.25) is 0 Å². The third kappa shape index (κ3) is 2.97. The fourth-order valence-corrected chi connectivity index (χ4v) is 3.41. The van der Waals surface area contributed by atoms with Crippen LogP contribution in [0.2, 0.25) is 0 Å². The number of aromatic nitrogens is 2. The SMILES string of the molecule is N#Cc1cc2cc(-c3ncnc4c3oc3cc(CC(F)(F)F)ccc34)ccc2o1. The Hall–Kier alpha value is -3.86. The number of rotatable bonds is 2. The van der Waals surface area contributed by atoms with Gasteiger partial charge in [0.1, 0.15) is 34.8 Å². The molecule has 0 saturated heterocycles. The summed E-state index contributed by atoms with van der Waals surface area (Å²) in [5, 5.41) is 10.3. The van der Waals surface area contributed by atoms with Crippen LogP contribution in [-0.2, 0) is 6.42 Å². The Balaban J connectivity index is 1.68. The molecule has 0 aliphatic rings. The number of halogens is 3. The lowest BCUT2D eigenvalue weighted by molar-refractivity contribution is -0.127. The predicted octanol–water partition coefficient (Wildman–Crippen LogP) is 5.77. The Morgan fingerprint density at radius 1 is 0.966 bits per heavy atom. The minimum Gasteiger partial charge on any atom is -0.452 e. The lowest BCUT2D eigenvalue weighted by atomic mass is 10.1. The molecule has 0 aliphatic heterocycles. The number of alkyl halides is 3. The van der Waals surface area contributed by atoms with Gasteiger partial charge in [-0.05, 0) is 35.9 Å². The zero-order valence-electron chi connectivity index (χ0n) is 14.6. The molecule has 0 saturated carbocycles. The van der Waals surface area contributed by atoms with Crippen molar-refractivity contribution in [3.63, 3.8) is 0 Å².